The molecule has 0 atom stereocenters. The fourth-order valence-electron chi connectivity index (χ4n) is 3.21. The van der Waals surface area contributed by atoms with Gasteiger partial charge in [-0.2, -0.15) is 8.78 Å². The van der Waals surface area contributed by atoms with Gasteiger partial charge in [0.2, 0.25) is 0 Å². The van der Waals surface area contributed by atoms with E-state index in [0.717, 1.165) is 24.8 Å². The molecule has 1 fully saturated rings. The Morgan fingerprint density at radius 1 is 1.00 bits per heavy atom. The van der Waals surface area contributed by atoms with Crippen molar-refractivity contribution in [2.24, 2.45) is 0 Å². The van der Waals surface area contributed by atoms with Gasteiger partial charge in [-0.3, -0.25) is 0 Å². The van der Waals surface area contributed by atoms with Gasteiger partial charge in [-0.1, -0.05) is 37.5 Å². The number of fused-ring (bicyclic) bond motifs is 2. The zero-order chi connectivity index (χ0) is 11.2. The normalized spacial score (nSPS) is 25.1. The summed E-state index contributed by atoms with van der Waals surface area (Å²) >= 11 is 0. The summed E-state index contributed by atoms with van der Waals surface area (Å²) < 4.78 is 28.3. The molecule has 1 aromatic carbocycles. The first kappa shape index (κ1) is 10.1. The molecule has 3 heteroatoms. The Balaban J connectivity index is 2.14. The summed E-state index contributed by atoms with van der Waals surface area (Å²) in [6, 6.07) is 4.50. The third-order valence-corrected chi connectivity index (χ3v) is 4.04. The summed E-state index contributed by atoms with van der Waals surface area (Å²) in [7, 11) is 0. The number of hydrogen-bond acceptors (Lipinski definition) is 1. The lowest BCUT2D eigenvalue weighted by Gasteiger charge is -2.38. The monoisotopic (exact) mass is 223 g/mol. The van der Waals surface area contributed by atoms with Gasteiger partial charge in [-0.15, -0.1) is 0 Å². The lowest BCUT2D eigenvalue weighted by atomic mass is 9.69. The first-order valence-corrected chi connectivity index (χ1v) is 5.91. The van der Waals surface area contributed by atoms with E-state index in [4.69, 9.17) is 0 Å². The number of alkyl halides is 2. The molecule has 0 radical (unpaired) electrons. The molecular weight excluding hydrogens is 208 g/mol. The van der Waals surface area contributed by atoms with Crippen LogP contribution in [0.15, 0.2) is 24.3 Å². The molecular formula is C13H15F2N. The van der Waals surface area contributed by atoms with E-state index in [1.165, 1.54) is 0 Å². The number of hydrogen-bond donors (Lipinski definition) is 1. The van der Waals surface area contributed by atoms with Crippen molar-refractivity contribution in [1.29, 1.82) is 0 Å². The van der Waals surface area contributed by atoms with Gasteiger partial charge in [-0.05, 0) is 24.5 Å². The lowest BCUT2D eigenvalue weighted by Crippen LogP contribution is -2.46. The summed E-state index contributed by atoms with van der Waals surface area (Å²) in [5.41, 5.74) is 0.496. The van der Waals surface area contributed by atoms with E-state index in [0.29, 0.717) is 18.5 Å². The minimum atomic E-state index is -2.78. The number of rotatable bonds is 0. The highest BCUT2D eigenvalue weighted by molar-refractivity contribution is 5.62. The maximum absolute atomic E-state index is 14.2. The molecule has 1 aliphatic carbocycles. The molecule has 1 N–H and O–H groups in total. The smallest absolute Gasteiger partial charge is 0.326 e. The predicted molar refractivity (Wildman–Crippen MR) is 59.8 cm³/mol. The van der Waals surface area contributed by atoms with Crippen LogP contribution in [0.4, 0.5) is 14.5 Å². The van der Waals surface area contributed by atoms with Crippen molar-refractivity contribution in [3.8, 4) is 0 Å². The fraction of sp³-hybridized carbons (Fsp3) is 0.538. The minimum absolute atomic E-state index is 0.601. The third kappa shape index (κ3) is 1.14. The van der Waals surface area contributed by atoms with Crippen molar-refractivity contribution in [3.63, 3.8) is 0 Å². The van der Waals surface area contributed by atoms with Gasteiger partial charge in [0.15, 0.2) is 0 Å². The summed E-state index contributed by atoms with van der Waals surface area (Å²) in [6.45, 7) is 0. The van der Waals surface area contributed by atoms with E-state index < -0.39 is 11.5 Å². The zero-order valence-corrected chi connectivity index (χ0v) is 9.10. The van der Waals surface area contributed by atoms with E-state index in [2.05, 4.69) is 5.32 Å². The van der Waals surface area contributed by atoms with E-state index in [9.17, 15) is 8.78 Å². The van der Waals surface area contributed by atoms with Crippen LogP contribution in [0.25, 0.3) is 0 Å². The average Bonchev–Trinajstić information content (AvgIpc) is 2.49. The second kappa shape index (κ2) is 3.19. The SMILES string of the molecule is FC1(F)Nc2ccccc2C12CCCCC2. The van der Waals surface area contributed by atoms with Gasteiger partial charge < -0.3 is 5.32 Å². The second-order valence-electron chi connectivity index (χ2n) is 4.89. The highest BCUT2D eigenvalue weighted by Crippen LogP contribution is 2.56. The zero-order valence-electron chi connectivity index (χ0n) is 9.10. The molecule has 86 valence electrons. The molecule has 3 rings (SSSR count). The van der Waals surface area contributed by atoms with Crippen LogP contribution in [0.5, 0.6) is 0 Å². The Morgan fingerprint density at radius 2 is 1.69 bits per heavy atom. The summed E-state index contributed by atoms with van der Waals surface area (Å²) in [6.07, 6.45) is 4.10. The largest absolute Gasteiger partial charge is 0.333 e. The molecule has 0 unspecified atom stereocenters. The van der Waals surface area contributed by atoms with Crippen molar-refractivity contribution in [2.75, 3.05) is 5.32 Å². The Kier molecular flexibility index (Phi) is 2.00. The topological polar surface area (TPSA) is 12.0 Å². The number of benzene rings is 1. The van der Waals surface area contributed by atoms with Crippen molar-refractivity contribution < 1.29 is 8.78 Å². The molecule has 1 aliphatic heterocycles. The van der Waals surface area contributed by atoms with Crippen LogP contribution in [0, 0.1) is 0 Å². The molecule has 1 aromatic rings. The summed E-state index contributed by atoms with van der Waals surface area (Å²) in [5, 5.41) is 2.40. The van der Waals surface area contributed by atoms with E-state index in [1.54, 1.807) is 6.07 Å². The van der Waals surface area contributed by atoms with Crippen LogP contribution in [-0.4, -0.2) is 6.05 Å². The predicted octanol–water partition coefficient (Wildman–Crippen LogP) is 3.91. The maximum Gasteiger partial charge on any atom is 0.333 e. The third-order valence-electron chi connectivity index (χ3n) is 4.04. The molecule has 0 bridgehead atoms. The van der Waals surface area contributed by atoms with Gasteiger partial charge in [0.05, 0.1) is 5.41 Å². The van der Waals surface area contributed by atoms with Gasteiger partial charge in [0.25, 0.3) is 0 Å². The number of nitrogens with one attached hydrogen (secondary N) is 1. The number of anilines is 1. The molecule has 1 nitrogen and oxygen atoms in total. The summed E-state index contributed by atoms with van der Waals surface area (Å²) in [4.78, 5) is 0. The van der Waals surface area contributed by atoms with Gasteiger partial charge in [0.1, 0.15) is 0 Å². The maximum atomic E-state index is 14.2. The molecule has 0 saturated heterocycles. The van der Waals surface area contributed by atoms with Gasteiger partial charge in [0, 0.05) is 5.69 Å². The molecule has 1 spiro atoms. The van der Waals surface area contributed by atoms with Crippen LogP contribution < -0.4 is 5.32 Å². The van der Waals surface area contributed by atoms with Crippen LogP contribution in [-0.2, 0) is 5.41 Å². The first-order valence-electron chi connectivity index (χ1n) is 5.91. The Morgan fingerprint density at radius 3 is 2.44 bits per heavy atom. The highest BCUT2D eigenvalue weighted by Gasteiger charge is 2.59. The van der Waals surface area contributed by atoms with Crippen molar-refractivity contribution >= 4 is 5.69 Å². The van der Waals surface area contributed by atoms with Crippen LogP contribution >= 0.6 is 0 Å². The van der Waals surface area contributed by atoms with E-state index in [-0.39, 0.29) is 0 Å². The van der Waals surface area contributed by atoms with Crippen molar-refractivity contribution in [3.05, 3.63) is 29.8 Å². The molecule has 2 aliphatic rings. The standard InChI is InChI=1S/C13H15F2N/c14-13(15)12(8-4-1-5-9-12)10-6-2-3-7-11(10)16-13/h2-3,6-7,16H,1,4-5,8-9H2. The van der Waals surface area contributed by atoms with Crippen molar-refractivity contribution in [2.45, 2.75) is 43.6 Å². The quantitative estimate of drug-likeness (QED) is 0.657. The molecule has 1 heterocycles. The Hall–Kier alpha value is -1.12. The number of para-hydroxylation sites is 1. The van der Waals surface area contributed by atoms with Gasteiger partial charge >= 0.3 is 6.05 Å². The first-order chi connectivity index (χ1) is 7.66. The average molecular weight is 223 g/mol. The van der Waals surface area contributed by atoms with Gasteiger partial charge in [-0.25, -0.2) is 0 Å². The molecule has 1 saturated carbocycles. The molecule has 16 heavy (non-hydrogen) atoms. The van der Waals surface area contributed by atoms with Crippen LogP contribution in [0.3, 0.4) is 0 Å². The van der Waals surface area contributed by atoms with Crippen LogP contribution in [0.2, 0.25) is 0 Å². The lowest BCUT2D eigenvalue weighted by molar-refractivity contribution is -0.0588. The minimum Gasteiger partial charge on any atom is -0.326 e. The van der Waals surface area contributed by atoms with Crippen molar-refractivity contribution in [1.82, 2.24) is 0 Å². The Labute approximate surface area is 93.9 Å². The highest BCUT2D eigenvalue weighted by atomic mass is 19.3. The second-order valence-corrected chi connectivity index (χ2v) is 4.89. The van der Waals surface area contributed by atoms with E-state index >= 15 is 0 Å². The molecule has 0 aromatic heterocycles. The summed E-state index contributed by atoms with van der Waals surface area (Å²) in [5.74, 6) is 0. The Bertz CT molecular complexity index is 408. The number of halogens is 2. The molecule has 0 amide bonds. The van der Waals surface area contributed by atoms with E-state index in [1.807, 2.05) is 18.2 Å². The van der Waals surface area contributed by atoms with Crippen LogP contribution in [0.1, 0.15) is 37.7 Å². The fourth-order valence-corrected chi connectivity index (χ4v) is 3.21.